The van der Waals surface area contributed by atoms with Crippen LogP contribution in [0.15, 0.2) is 30.6 Å². The fraction of sp³-hybridized carbons (Fsp3) is 0.412. The number of hydrogen-bond acceptors (Lipinski definition) is 6. The van der Waals surface area contributed by atoms with E-state index in [0.29, 0.717) is 18.3 Å². The molecule has 24 heavy (non-hydrogen) atoms. The van der Waals surface area contributed by atoms with Gasteiger partial charge >= 0.3 is 0 Å². The van der Waals surface area contributed by atoms with E-state index in [1.54, 1.807) is 19.4 Å². The molecular weight excluding hydrogens is 304 g/mol. The second-order valence-electron chi connectivity index (χ2n) is 5.93. The molecule has 2 aromatic rings. The van der Waals surface area contributed by atoms with Crippen molar-refractivity contribution >= 4 is 17.7 Å². The van der Waals surface area contributed by atoms with E-state index in [9.17, 15) is 4.79 Å². The number of anilines is 2. The molecule has 1 aliphatic rings. The maximum Gasteiger partial charge on any atom is 0.237 e. The second-order valence-corrected chi connectivity index (χ2v) is 5.93. The molecule has 2 N–H and O–H groups in total. The van der Waals surface area contributed by atoms with Crippen molar-refractivity contribution in [3.05, 3.63) is 41.9 Å². The minimum absolute atomic E-state index is 0.0142. The quantitative estimate of drug-likeness (QED) is 0.872. The Labute approximate surface area is 141 Å². The number of aromatic nitrogens is 3. The number of likely N-dealkylation sites (N-methyl/N-ethyl adjacent to an activating group) is 1. The third-order valence-corrected chi connectivity index (χ3v) is 4.07. The van der Waals surface area contributed by atoms with Gasteiger partial charge in [-0.2, -0.15) is 0 Å². The molecule has 1 aliphatic heterocycles. The zero-order valence-corrected chi connectivity index (χ0v) is 14.0. The van der Waals surface area contributed by atoms with Gasteiger partial charge in [-0.3, -0.25) is 4.79 Å². The van der Waals surface area contributed by atoms with Gasteiger partial charge in [0.25, 0.3) is 0 Å². The molecule has 0 bridgehead atoms. The molecule has 7 nitrogen and oxygen atoms in total. The van der Waals surface area contributed by atoms with Crippen LogP contribution in [0.1, 0.15) is 30.1 Å². The van der Waals surface area contributed by atoms with Gasteiger partial charge in [-0.15, -0.1) is 0 Å². The average molecular weight is 326 g/mol. The van der Waals surface area contributed by atoms with Crippen LogP contribution in [0.5, 0.6) is 0 Å². The third-order valence-electron chi connectivity index (χ3n) is 4.07. The van der Waals surface area contributed by atoms with Crippen LogP contribution in [0.3, 0.4) is 0 Å². The first-order valence-corrected chi connectivity index (χ1v) is 8.14. The average Bonchev–Trinajstić information content (AvgIpc) is 3.07. The van der Waals surface area contributed by atoms with Gasteiger partial charge in [-0.25, -0.2) is 15.0 Å². The smallest absolute Gasteiger partial charge is 0.237 e. The summed E-state index contributed by atoms with van der Waals surface area (Å²) in [6.07, 6.45) is 5.43. The number of aryl methyl sites for hydroxylation is 1. The normalized spacial score (nSPS) is 17.1. The molecule has 0 aliphatic carbocycles. The van der Waals surface area contributed by atoms with Gasteiger partial charge in [0.2, 0.25) is 11.9 Å². The van der Waals surface area contributed by atoms with E-state index < -0.39 is 0 Å². The zero-order valence-electron chi connectivity index (χ0n) is 14.0. The van der Waals surface area contributed by atoms with Crippen LogP contribution in [0.25, 0.3) is 0 Å². The molecule has 0 radical (unpaired) electrons. The molecule has 7 heteroatoms. The molecule has 1 amide bonds. The molecule has 126 valence electrons. The largest absolute Gasteiger partial charge is 0.333 e. The fourth-order valence-corrected chi connectivity index (χ4v) is 2.90. The maximum atomic E-state index is 12.2. The van der Waals surface area contributed by atoms with Crippen molar-refractivity contribution in [2.24, 2.45) is 0 Å². The summed E-state index contributed by atoms with van der Waals surface area (Å²) >= 11 is 0. The highest BCUT2D eigenvalue weighted by Gasteiger charge is 2.30. The summed E-state index contributed by atoms with van der Waals surface area (Å²) in [6, 6.07) is 5.77. The van der Waals surface area contributed by atoms with Crippen LogP contribution in [0, 0.1) is 6.92 Å². The SMILES string of the molecule is CNCC(=O)N1CCC[C@@H]1c1ccnc(Nc2ccc(C)cn2)n1. The number of hydrogen-bond donors (Lipinski definition) is 2. The molecule has 2 aromatic heterocycles. The summed E-state index contributed by atoms with van der Waals surface area (Å²) in [6.45, 7) is 3.11. The number of nitrogens with one attached hydrogen (secondary N) is 2. The number of amides is 1. The predicted octanol–water partition coefficient (Wildman–Crippen LogP) is 1.81. The molecule has 0 spiro atoms. The lowest BCUT2D eigenvalue weighted by atomic mass is 10.1. The first kappa shape index (κ1) is 16.3. The van der Waals surface area contributed by atoms with Gasteiger partial charge in [-0.1, -0.05) is 6.07 Å². The monoisotopic (exact) mass is 326 g/mol. The molecule has 1 fully saturated rings. The molecule has 1 atom stereocenters. The second kappa shape index (κ2) is 7.35. The lowest BCUT2D eigenvalue weighted by Gasteiger charge is -2.24. The number of pyridine rings is 1. The van der Waals surface area contributed by atoms with Crippen molar-refractivity contribution in [1.29, 1.82) is 0 Å². The lowest BCUT2D eigenvalue weighted by Crippen LogP contribution is -2.37. The van der Waals surface area contributed by atoms with Gasteiger partial charge in [-0.05, 0) is 44.5 Å². The summed E-state index contributed by atoms with van der Waals surface area (Å²) in [4.78, 5) is 27.3. The standard InChI is InChI=1S/C17H22N6O/c1-12-5-6-15(20-10-12)22-17-19-8-7-13(21-17)14-4-3-9-23(14)16(24)11-18-2/h5-8,10,14,18H,3-4,9,11H2,1-2H3,(H,19,20,21,22)/t14-/m1/s1. The Morgan fingerprint density at radius 1 is 1.33 bits per heavy atom. The Balaban J connectivity index is 1.77. The Morgan fingerprint density at radius 2 is 2.21 bits per heavy atom. The Kier molecular flexibility index (Phi) is 5.00. The van der Waals surface area contributed by atoms with Gasteiger partial charge in [0.1, 0.15) is 5.82 Å². The van der Waals surface area contributed by atoms with Crippen LogP contribution in [0.4, 0.5) is 11.8 Å². The van der Waals surface area contributed by atoms with Gasteiger partial charge in [0.15, 0.2) is 0 Å². The van der Waals surface area contributed by atoms with Crippen molar-refractivity contribution in [3.63, 3.8) is 0 Å². The predicted molar refractivity (Wildman–Crippen MR) is 91.9 cm³/mol. The van der Waals surface area contributed by atoms with Crippen LogP contribution in [-0.2, 0) is 4.79 Å². The van der Waals surface area contributed by atoms with E-state index >= 15 is 0 Å². The van der Waals surface area contributed by atoms with E-state index in [0.717, 1.165) is 30.6 Å². The number of likely N-dealkylation sites (tertiary alicyclic amines) is 1. The Morgan fingerprint density at radius 3 is 2.96 bits per heavy atom. The number of carbonyl (C=O) groups excluding carboxylic acids is 1. The molecular formula is C17H22N6O. The molecule has 1 saturated heterocycles. The van der Waals surface area contributed by atoms with E-state index in [1.807, 2.05) is 30.0 Å². The van der Waals surface area contributed by atoms with Crippen molar-refractivity contribution in [2.45, 2.75) is 25.8 Å². The Bertz CT molecular complexity index is 702. The highest BCUT2D eigenvalue weighted by molar-refractivity contribution is 5.79. The van der Waals surface area contributed by atoms with Crippen molar-refractivity contribution in [2.75, 3.05) is 25.5 Å². The third kappa shape index (κ3) is 3.68. The van der Waals surface area contributed by atoms with E-state index in [4.69, 9.17) is 0 Å². The highest BCUT2D eigenvalue weighted by Crippen LogP contribution is 2.31. The Hall–Kier alpha value is -2.54. The van der Waals surface area contributed by atoms with Crippen LogP contribution in [0.2, 0.25) is 0 Å². The first-order valence-electron chi connectivity index (χ1n) is 8.14. The van der Waals surface area contributed by atoms with E-state index in [1.165, 1.54) is 0 Å². The van der Waals surface area contributed by atoms with E-state index in [-0.39, 0.29) is 11.9 Å². The number of nitrogens with zero attached hydrogens (tertiary/aromatic N) is 4. The van der Waals surface area contributed by atoms with Crippen LogP contribution in [-0.4, -0.2) is 45.9 Å². The summed E-state index contributed by atoms with van der Waals surface area (Å²) in [7, 11) is 1.78. The van der Waals surface area contributed by atoms with Gasteiger partial charge < -0.3 is 15.5 Å². The van der Waals surface area contributed by atoms with Gasteiger partial charge in [0.05, 0.1) is 18.3 Å². The minimum Gasteiger partial charge on any atom is -0.333 e. The van der Waals surface area contributed by atoms with Crippen LogP contribution < -0.4 is 10.6 Å². The van der Waals surface area contributed by atoms with Crippen molar-refractivity contribution < 1.29 is 4.79 Å². The maximum absolute atomic E-state index is 12.2. The zero-order chi connectivity index (χ0) is 16.9. The number of carbonyl (C=O) groups is 1. The van der Waals surface area contributed by atoms with Gasteiger partial charge in [0, 0.05) is 18.9 Å². The van der Waals surface area contributed by atoms with Crippen LogP contribution >= 0.6 is 0 Å². The van der Waals surface area contributed by atoms with E-state index in [2.05, 4.69) is 25.6 Å². The molecule has 0 unspecified atom stereocenters. The fourth-order valence-electron chi connectivity index (χ4n) is 2.90. The summed E-state index contributed by atoms with van der Waals surface area (Å²) in [5.74, 6) is 1.30. The summed E-state index contributed by atoms with van der Waals surface area (Å²) in [5, 5.41) is 6.04. The number of rotatable bonds is 5. The topological polar surface area (TPSA) is 83.0 Å². The van der Waals surface area contributed by atoms with Crippen molar-refractivity contribution in [3.8, 4) is 0 Å². The van der Waals surface area contributed by atoms with Crippen molar-refractivity contribution in [1.82, 2.24) is 25.2 Å². The minimum atomic E-state index is 0.0142. The highest BCUT2D eigenvalue weighted by atomic mass is 16.2. The molecule has 0 aromatic carbocycles. The molecule has 0 saturated carbocycles. The molecule has 3 heterocycles. The summed E-state index contributed by atoms with van der Waals surface area (Å²) < 4.78 is 0. The first-order chi connectivity index (χ1) is 11.7. The lowest BCUT2D eigenvalue weighted by molar-refractivity contribution is -0.131. The summed E-state index contributed by atoms with van der Waals surface area (Å²) in [5.41, 5.74) is 1.96. The molecule has 3 rings (SSSR count).